The second-order valence-corrected chi connectivity index (χ2v) is 4.73. The van der Waals surface area contributed by atoms with E-state index in [0.29, 0.717) is 11.5 Å². The lowest BCUT2D eigenvalue weighted by molar-refractivity contribution is 0.346. The Labute approximate surface area is 120 Å². The molecule has 1 saturated carbocycles. The summed E-state index contributed by atoms with van der Waals surface area (Å²) in [6.07, 6.45) is 3.60. The lowest BCUT2D eigenvalue weighted by atomic mass is 10.0. The molecule has 1 fully saturated rings. The fourth-order valence-corrected chi connectivity index (χ4v) is 2.18. The molecule has 0 saturated heterocycles. The predicted octanol–water partition coefficient (Wildman–Crippen LogP) is 2.93. The topological polar surface area (TPSA) is 53.7 Å². The van der Waals surface area contributed by atoms with Gasteiger partial charge in [-0.1, -0.05) is 12.8 Å². The highest BCUT2D eigenvalue weighted by molar-refractivity contribution is 5.85. The van der Waals surface area contributed by atoms with Crippen molar-refractivity contribution in [3.05, 3.63) is 17.7 Å². The first-order chi connectivity index (χ1) is 8.69. The lowest BCUT2D eigenvalue weighted by Gasteiger charge is -2.18. The minimum atomic E-state index is -0.00717. The highest BCUT2D eigenvalue weighted by Crippen LogP contribution is 2.42. The Bertz CT molecular complexity index is 421. The summed E-state index contributed by atoms with van der Waals surface area (Å²) >= 11 is 0. The van der Waals surface area contributed by atoms with Crippen LogP contribution in [-0.4, -0.2) is 21.3 Å². The molecule has 0 radical (unpaired) electrons. The van der Waals surface area contributed by atoms with Crippen LogP contribution in [-0.2, 0) is 0 Å². The van der Waals surface area contributed by atoms with Crippen LogP contribution in [0.2, 0.25) is 0 Å². The average Bonchev–Trinajstić information content (AvgIpc) is 3.20. The molecule has 5 heteroatoms. The van der Waals surface area contributed by atoms with Gasteiger partial charge in [0.25, 0.3) is 0 Å². The Balaban J connectivity index is 0.00000180. The van der Waals surface area contributed by atoms with E-state index in [2.05, 4.69) is 0 Å². The third-order valence-corrected chi connectivity index (χ3v) is 3.42. The van der Waals surface area contributed by atoms with Crippen LogP contribution in [0.3, 0.4) is 0 Å². The van der Waals surface area contributed by atoms with Crippen molar-refractivity contribution >= 4 is 12.4 Å². The lowest BCUT2D eigenvalue weighted by Crippen LogP contribution is -2.12. The molecule has 0 aliphatic heterocycles. The van der Waals surface area contributed by atoms with Gasteiger partial charge in [-0.3, -0.25) is 0 Å². The Morgan fingerprint density at radius 2 is 1.58 bits per heavy atom. The van der Waals surface area contributed by atoms with E-state index >= 15 is 0 Å². The van der Waals surface area contributed by atoms with Gasteiger partial charge in [0.2, 0.25) is 0 Å². The van der Waals surface area contributed by atoms with Gasteiger partial charge in [0, 0.05) is 17.7 Å². The van der Waals surface area contributed by atoms with Crippen LogP contribution in [0.15, 0.2) is 12.1 Å². The normalized spacial score (nSPS) is 15.4. The van der Waals surface area contributed by atoms with Crippen LogP contribution < -0.4 is 19.9 Å². The zero-order valence-electron chi connectivity index (χ0n) is 11.6. The summed E-state index contributed by atoms with van der Waals surface area (Å²) in [7, 11) is 4.89. The summed E-state index contributed by atoms with van der Waals surface area (Å²) < 4.78 is 16.0. The third-order valence-electron chi connectivity index (χ3n) is 3.42. The van der Waals surface area contributed by atoms with Crippen LogP contribution >= 0.6 is 12.4 Å². The van der Waals surface area contributed by atoms with E-state index in [1.807, 2.05) is 12.1 Å². The molecule has 1 aromatic carbocycles. The Morgan fingerprint density at radius 1 is 1.05 bits per heavy atom. The molecule has 0 heterocycles. The van der Waals surface area contributed by atoms with Crippen LogP contribution in [0.25, 0.3) is 0 Å². The van der Waals surface area contributed by atoms with E-state index in [1.54, 1.807) is 21.3 Å². The van der Waals surface area contributed by atoms with Gasteiger partial charge in [0.15, 0.2) is 11.5 Å². The molecule has 1 atom stereocenters. The molecule has 0 amide bonds. The second kappa shape index (κ2) is 6.87. The van der Waals surface area contributed by atoms with E-state index in [4.69, 9.17) is 19.9 Å². The van der Waals surface area contributed by atoms with E-state index in [0.717, 1.165) is 23.7 Å². The van der Waals surface area contributed by atoms with E-state index in [1.165, 1.54) is 12.8 Å². The van der Waals surface area contributed by atoms with E-state index in [-0.39, 0.29) is 18.4 Å². The summed E-state index contributed by atoms with van der Waals surface area (Å²) in [6.45, 7) is 0. The maximum atomic E-state index is 6.25. The van der Waals surface area contributed by atoms with Crippen molar-refractivity contribution in [2.75, 3.05) is 21.3 Å². The molecule has 19 heavy (non-hydrogen) atoms. The highest BCUT2D eigenvalue weighted by Gasteiger charge is 2.26. The van der Waals surface area contributed by atoms with Gasteiger partial charge in [0.1, 0.15) is 5.75 Å². The maximum Gasteiger partial charge on any atom is 0.164 e. The number of methoxy groups -OCH3 is 3. The van der Waals surface area contributed by atoms with Gasteiger partial charge in [-0.05, 0) is 18.4 Å². The van der Waals surface area contributed by atoms with Crippen LogP contribution in [0.5, 0.6) is 17.2 Å². The van der Waals surface area contributed by atoms with Gasteiger partial charge in [-0.2, -0.15) is 0 Å². The number of benzene rings is 1. The summed E-state index contributed by atoms with van der Waals surface area (Å²) in [5.74, 6) is 2.90. The van der Waals surface area contributed by atoms with Crippen LogP contribution in [0.4, 0.5) is 0 Å². The molecule has 1 aliphatic rings. The first-order valence-electron chi connectivity index (χ1n) is 6.25. The molecule has 108 valence electrons. The predicted molar refractivity (Wildman–Crippen MR) is 77.6 cm³/mol. The second-order valence-electron chi connectivity index (χ2n) is 4.73. The zero-order chi connectivity index (χ0) is 13.1. The standard InChI is InChI=1S/C14H21NO3.ClH/c1-16-12-8-14(18-3)13(17-2)7-10(12)11(15)6-9-4-5-9;/h7-9,11H,4-6,15H2,1-3H3;1H/t11-;/m0./s1. The summed E-state index contributed by atoms with van der Waals surface area (Å²) in [5, 5.41) is 0. The fourth-order valence-electron chi connectivity index (χ4n) is 2.18. The summed E-state index contributed by atoms with van der Waals surface area (Å²) in [6, 6.07) is 3.75. The fraction of sp³-hybridized carbons (Fsp3) is 0.571. The molecule has 1 aromatic rings. The van der Waals surface area contributed by atoms with Gasteiger partial charge in [-0.25, -0.2) is 0 Å². The minimum absolute atomic E-state index is 0. The largest absolute Gasteiger partial charge is 0.496 e. The number of rotatable bonds is 6. The van der Waals surface area contributed by atoms with Crippen molar-refractivity contribution < 1.29 is 14.2 Å². The quantitative estimate of drug-likeness (QED) is 0.874. The first-order valence-corrected chi connectivity index (χ1v) is 6.25. The van der Waals surface area contributed by atoms with Crippen LogP contribution in [0, 0.1) is 5.92 Å². The molecule has 2 N–H and O–H groups in total. The SMILES string of the molecule is COc1cc(OC)c([C@@H](N)CC2CC2)cc1OC.Cl. The Kier molecular flexibility index (Phi) is 5.76. The van der Waals surface area contributed by atoms with Crippen molar-refractivity contribution in [2.24, 2.45) is 11.7 Å². The number of nitrogens with two attached hydrogens (primary N) is 1. The van der Waals surface area contributed by atoms with Crippen molar-refractivity contribution in [1.82, 2.24) is 0 Å². The average molecular weight is 288 g/mol. The van der Waals surface area contributed by atoms with Gasteiger partial charge >= 0.3 is 0 Å². The number of halogens is 1. The Hall–Kier alpha value is -1.13. The minimum Gasteiger partial charge on any atom is -0.496 e. The van der Waals surface area contributed by atoms with Crippen molar-refractivity contribution in [3.8, 4) is 17.2 Å². The van der Waals surface area contributed by atoms with Crippen molar-refractivity contribution in [2.45, 2.75) is 25.3 Å². The smallest absolute Gasteiger partial charge is 0.164 e. The highest BCUT2D eigenvalue weighted by atomic mass is 35.5. The first kappa shape index (κ1) is 15.9. The number of ether oxygens (including phenoxy) is 3. The number of hydrogen-bond donors (Lipinski definition) is 1. The van der Waals surface area contributed by atoms with Crippen LogP contribution in [0.1, 0.15) is 30.9 Å². The summed E-state index contributed by atoms with van der Waals surface area (Å²) in [4.78, 5) is 0. The maximum absolute atomic E-state index is 6.25. The molecule has 2 rings (SSSR count). The molecule has 0 bridgehead atoms. The third kappa shape index (κ3) is 3.67. The summed E-state index contributed by atoms with van der Waals surface area (Å²) in [5.41, 5.74) is 7.24. The molecular weight excluding hydrogens is 266 g/mol. The monoisotopic (exact) mass is 287 g/mol. The molecule has 4 nitrogen and oxygen atoms in total. The van der Waals surface area contributed by atoms with Crippen molar-refractivity contribution in [1.29, 1.82) is 0 Å². The molecule has 0 unspecified atom stereocenters. The molecule has 0 aromatic heterocycles. The molecule has 0 spiro atoms. The molecule has 1 aliphatic carbocycles. The number of hydrogen-bond acceptors (Lipinski definition) is 4. The molecular formula is C14H22ClNO3. The van der Waals surface area contributed by atoms with Gasteiger partial charge < -0.3 is 19.9 Å². The Morgan fingerprint density at radius 3 is 2.05 bits per heavy atom. The van der Waals surface area contributed by atoms with Gasteiger partial charge in [0.05, 0.1) is 21.3 Å². The zero-order valence-corrected chi connectivity index (χ0v) is 12.5. The van der Waals surface area contributed by atoms with Crippen molar-refractivity contribution in [3.63, 3.8) is 0 Å². The van der Waals surface area contributed by atoms with E-state index < -0.39 is 0 Å². The van der Waals surface area contributed by atoms with E-state index in [9.17, 15) is 0 Å². The van der Waals surface area contributed by atoms with Gasteiger partial charge in [-0.15, -0.1) is 12.4 Å².